The Balaban J connectivity index is 1.63. The summed E-state index contributed by atoms with van der Waals surface area (Å²) in [7, 11) is 0. The van der Waals surface area contributed by atoms with Gasteiger partial charge in [0.1, 0.15) is 12.4 Å². The highest BCUT2D eigenvalue weighted by Crippen LogP contribution is 2.11. The molecule has 1 atom stereocenters. The van der Waals surface area contributed by atoms with Crippen LogP contribution in [0.2, 0.25) is 0 Å². The first kappa shape index (κ1) is 12.9. The molecule has 98 valence electrons. The summed E-state index contributed by atoms with van der Waals surface area (Å²) in [5.74, 6) is 1.11. The van der Waals surface area contributed by atoms with Gasteiger partial charge in [-0.15, -0.1) is 0 Å². The summed E-state index contributed by atoms with van der Waals surface area (Å²) in [6, 6.07) is 7.91. The number of aryl methyl sites for hydroxylation is 1. The van der Waals surface area contributed by atoms with Crippen molar-refractivity contribution in [3.05, 3.63) is 29.8 Å². The first-order valence-electron chi connectivity index (χ1n) is 6.43. The molecule has 1 aromatic rings. The van der Waals surface area contributed by atoms with Gasteiger partial charge in [-0.3, -0.25) is 4.79 Å². The van der Waals surface area contributed by atoms with Gasteiger partial charge in [-0.2, -0.15) is 0 Å². The van der Waals surface area contributed by atoms with Crippen molar-refractivity contribution in [2.24, 2.45) is 5.92 Å². The number of benzene rings is 1. The van der Waals surface area contributed by atoms with Crippen LogP contribution in [-0.4, -0.2) is 32.1 Å². The maximum absolute atomic E-state index is 11.7. The molecule has 1 fully saturated rings. The van der Waals surface area contributed by atoms with Crippen LogP contribution in [-0.2, 0) is 4.79 Å². The third kappa shape index (κ3) is 3.74. The Kier molecular flexibility index (Phi) is 4.59. The number of hydrogen-bond acceptors (Lipinski definition) is 3. The van der Waals surface area contributed by atoms with Crippen LogP contribution in [0.15, 0.2) is 24.3 Å². The molecule has 0 aromatic heterocycles. The first-order valence-corrected chi connectivity index (χ1v) is 6.43. The molecule has 0 saturated carbocycles. The Morgan fingerprint density at radius 1 is 1.44 bits per heavy atom. The molecule has 1 amide bonds. The molecule has 1 heterocycles. The van der Waals surface area contributed by atoms with Crippen molar-refractivity contribution in [1.29, 1.82) is 0 Å². The minimum atomic E-state index is 0.129. The molecule has 0 aliphatic carbocycles. The Hall–Kier alpha value is -1.55. The first-order chi connectivity index (χ1) is 8.75. The van der Waals surface area contributed by atoms with Crippen LogP contribution in [0.5, 0.6) is 5.75 Å². The third-order valence-corrected chi connectivity index (χ3v) is 3.12. The summed E-state index contributed by atoms with van der Waals surface area (Å²) in [6.45, 7) is 4.85. The van der Waals surface area contributed by atoms with E-state index in [2.05, 4.69) is 10.6 Å². The zero-order valence-corrected chi connectivity index (χ0v) is 10.7. The predicted octanol–water partition coefficient (Wildman–Crippen LogP) is 1.10. The average Bonchev–Trinajstić information content (AvgIpc) is 2.90. The molecule has 1 aromatic carbocycles. The summed E-state index contributed by atoms with van der Waals surface area (Å²) in [6.07, 6.45) is 0.935. The SMILES string of the molecule is Cc1ccc(OCCNC(=O)C2CCNC2)cc1. The van der Waals surface area contributed by atoms with E-state index in [4.69, 9.17) is 4.74 Å². The molecule has 1 saturated heterocycles. The van der Waals surface area contributed by atoms with E-state index in [1.54, 1.807) is 0 Å². The van der Waals surface area contributed by atoms with Gasteiger partial charge in [0.15, 0.2) is 0 Å². The minimum Gasteiger partial charge on any atom is -0.492 e. The van der Waals surface area contributed by atoms with Crippen LogP contribution in [0, 0.1) is 12.8 Å². The normalized spacial score (nSPS) is 18.6. The fraction of sp³-hybridized carbons (Fsp3) is 0.500. The van der Waals surface area contributed by atoms with Crippen LogP contribution in [0.1, 0.15) is 12.0 Å². The largest absolute Gasteiger partial charge is 0.492 e. The van der Waals surface area contributed by atoms with Gasteiger partial charge in [-0.1, -0.05) is 17.7 Å². The molecule has 0 spiro atoms. The van der Waals surface area contributed by atoms with Crippen molar-refractivity contribution < 1.29 is 9.53 Å². The van der Waals surface area contributed by atoms with Crippen molar-refractivity contribution in [2.75, 3.05) is 26.2 Å². The highest BCUT2D eigenvalue weighted by Gasteiger charge is 2.21. The monoisotopic (exact) mass is 248 g/mol. The topological polar surface area (TPSA) is 50.4 Å². The van der Waals surface area contributed by atoms with Crippen LogP contribution in [0.25, 0.3) is 0 Å². The lowest BCUT2D eigenvalue weighted by Gasteiger charge is -2.10. The minimum absolute atomic E-state index is 0.129. The summed E-state index contributed by atoms with van der Waals surface area (Å²) in [4.78, 5) is 11.7. The second kappa shape index (κ2) is 6.40. The Bertz CT molecular complexity index is 383. The highest BCUT2D eigenvalue weighted by atomic mass is 16.5. The maximum Gasteiger partial charge on any atom is 0.224 e. The fourth-order valence-corrected chi connectivity index (χ4v) is 2.00. The third-order valence-electron chi connectivity index (χ3n) is 3.12. The predicted molar refractivity (Wildman–Crippen MR) is 70.7 cm³/mol. The van der Waals surface area contributed by atoms with Crippen LogP contribution >= 0.6 is 0 Å². The van der Waals surface area contributed by atoms with Crippen molar-refractivity contribution >= 4 is 5.91 Å². The summed E-state index contributed by atoms with van der Waals surface area (Å²) >= 11 is 0. The van der Waals surface area contributed by atoms with Crippen LogP contribution in [0.3, 0.4) is 0 Å². The molecule has 2 N–H and O–H groups in total. The van der Waals surface area contributed by atoms with Gasteiger partial charge < -0.3 is 15.4 Å². The van der Waals surface area contributed by atoms with E-state index >= 15 is 0 Å². The maximum atomic E-state index is 11.7. The van der Waals surface area contributed by atoms with Gasteiger partial charge in [0, 0.05) is 6.54 Å². The number of hydrogen-bond donors (Lipinski definition) is 2. The molecule has 1 aliphatic rings. The van der Waals surface area contributed by atoms with Gasteiger partial charge in [-0.05, 0) is 32.0 Å². The van der Waals surface area contributed by atoms with E-state index in [0.717, 1.165) is 25.3 Å². The van der Waals surface area contributed by atoms with E-state index in [-0.39, 0.29) is 11.8 Å². The molecule has 4 heteroatoms. The van der Waals surface area contributed by atoms with Crippen molar-refractivity contribution in [1.82, 2.24) is 10.6 Å². The zero-order chi connectivity index (χ0) is 12.8. The highest BCUT2D eigenvalue weighted by molar-refractivity contribution is 5.79. The van der Waals surface area contributed by atoms with E-state index in [0.29, 0.717) is 13.2 Å². The quantitative estimate of drug-likeness (QED) is 0.767. The number of amides is 1. The van der Waals surface area contributed by atoms with Crippen molar-refractivity contribution in [3.8, 4) is 5.75 Å². The summed E-state index contributed by atoms with van der Waals surface area (Å²) < 4.78 is 5.54. The lowest BCUT2D eigenvalue weighted by Crippen LogP contribution is -2.34. The molecule has 1 aliphatic heterocycles. The fourth-order valence-electron chi connectivity index (χ4n) is 2.00. The second-order valence-corrected chi connectivity index (χ2v) is 4.64. The van der Waals surface area contributed by atoms with Crippen LogP contribution in [0.4, 0.5) is 0 Å². The lowest BCUT2D eigenvalue weighted by atomic mass is 10.1. The molecule has 4 nitrogen and oxygen atoms in total. The van der Waals surface area contributed by atoms with Gasteiger partial charge in [0.05, 0.1) is 12.5 Å². The Morgan fingerprint density at radius 2 is 2.22 bits per heavy atom. The van der Waals surface area contributed by atoms with Crippen molar-refractivity contribution in [2.45, 2.75) is 13.3 Å². The number of carbonyl (C=O) groups excluding carboxylic acids is 1. The summed E-state index contributed by atoms with van der Waals surface area (Å²) in [5.41, 5.74) is 1.21. The smallest absolute Gasteiger partial charge is 0.224 e. The molecule has 0 radical (unpaired) electrons. The van der Waals surface area contributed by atoms with Gasteiger partial charge in [0.2, 0.25) is 5.91 Å². The van der Waals surface area contributed by atoms with Gasteiger partial charge in [0.25, 0.3) is 0 Å². The molecule has 2 rings (SSSR count). The Morgan fingerprint density at radius 3 is 2.89 bits per heavy atom. The van der Waals surface area contributed by atoms with Gasteiger partial charge >= 0.3 is 0 Å². The van der Waals surface area contributed by atoms with E-state index in [9.17, 15) is 4.79 Å². The number of ether oxygens (including phenoxy) is 1. The van der Waals surface area contributed by atoms with Crippen LogP contribution < -0.4 is 15.4 Å². The van der Waals surface area contributed by atoms with Gasteiger partial charge in [-0.25, -0.2) is 0 Å². The molecular weight excluding hydrogens is 228 g/mol. The molecule has 1 unspecified atom stereocenters. The Labute approximate surface area is 108 Å². The van der Waals surface area contributed by atoms with Crippen molar-refractivity contribution in [3.63, 3.8) is 0 Å². The number of rotatable bonds is 5. The molecular formula is C14H20N2O2. The lowest BCUT2D eigenvalue weighted by molar-refractivity contribution is -0.124. The second-order valence-electron chi connectivity index (χ2n) is 4.64. The standard InChI is InChI=1S/C14H20N2O2/c1-11-2-4-13(5-3-11)18-9-8-16-14(17)12-6-7-15-10-12/h2-5,12,15H,6-10H2,1H3,(H,16,17). The number of nitrogens with one attached hydrogen (secondary N) is 2. The zero-order valence-electron chi connectivity index (χ0n) is 10.7. The van der Waals surface area contributed by atoms with E-state index in [1.165, 1.54) is 5.56 Å². The molecule has 18 heavy (non-hydrogen) atoms. The summed E-state index contributed by atoms with van der Waals surface area (Å²) in [5, 5.41) is 6.08. The molecule has 0 bridgehead atoms. The average molecular weight is 248 g/mol. The van der Waals surface area contributed by atoms with E-state index < -0.39 is 0 Å². The van der Waals surface area contributed by atoms with E-state index in [1.807, 2.05) is 31.2 Å². The number of carbonyl (C=O) groups is 1.